The van der Waals surface area contributed by atoms with Crippen molar-refractivity contribution in [2.45, 2.75) is 66.1 Å². The number of hydrogen-bond acceptors (Lipinski definition) is 2. The maximum Gasteiger partial charge on any atom is 0.126 e. The van der Waals surface area contributed by atoms with Crippen LogP contribution in [0, 0.1) is 13.8 Å². The largest absolute Gasteiger partial charge is 0.488 e. The third kappa shape index (κ3) is 5.61. The third-order valence-corrected chi connectivity index (χ3v) is 9.24. The van der Waals surface area contributed by atoms with E-state index in [4.69, 9.17) is 4.74 Å². The summed E-state index contributed by atoms with van der Waals surface area (Å²) in [4.78, 5) is 2.49. The number of para-hydroxylation sites is 1. The Kier molecular flexibility index (Phi) is 8.98. The highest BCUT2D eigenvalue weighted by Crippen LogP contribution is 2.52. The van der Waals surface area contributed by atoms with Gasteiger partial charge < -0.3 is 9.64 Å². The van der Waals surface area contributed by atoms with Gasteiger partial charge in [-0.2, -0.15) is 0 Å². The molecule has 0 aliphatic rings. The molecular weight excluding hydrogens is 421 g/mol. The van der Waals surface area contributed by atoms with Gasteiger partial charge in [-0.15, -0.1) is 0 Å². The summed E-state index contributed by atoms with van der Waals surface area (Å²) in [7, 11) is 0.682. The summed E-state index contributed by atoms with van der Waals surface area (Å²) in [5.41, 5.74) is 6.56. The molecular formula is C30H40NOP. The predicted molar refractivity (Wildman–Crippen MR) is 147 cm³/mol. The van der Waals surface area contributed by atoms with E-state index in [0.717, 1.165) is 31.7 Å². The van der Waals surface area contributed by atoms with Crippen molar-refractivity contribution < 1.29 is 4.74 Å². The fourth-order valence-electron chi connectivity index (χ4n) is 4.71. The average Bonchev–Trinajstić information content (AvgIpc) is 2.85. The van der Waals surface area contributed by atoms with Crippen LogP contribution >= 0.6 is 8.58 Å². The summed E-state index contributed by atoms with van der Waals surface area (Å²) in [6.07, 6.45) is 2.16. The van der Waals surface area contributed by atoms with E-state index in [-0.39, 0.29) is 5.16 Å². The van der Waals surface area contributed by atoms with Crippen LogP contribution in [0.2, 0.25) is 0 Å². The second-order valence-corrected chi connectivity index (χ2v) is 10.5. The summed E-state index contributed by atoms with van der Waals surface area (Å²) in [5.74, 6) is 1.07. The van der Waals surface area contributed by atoms with Crippen LogP contribution in [0.5, 0.6) is 5.75 Å². The highest BCUT2D eigenvalue weighted by Gasteiger charge is 2.34. The second-order valence-electron chi connectivity index (χ2n) is 8.78. The molecule has 0 N–H and O–H groups in total. The van der Waals surface area contributed by atoms with Crippen LogP contribution in [-0.2, 0) is 11.8 Å². The van der Waals surface area contributed by atoms with Crippen molar-refractivity contribution in [3.63, 3.8) is 0 Å². The molecule has 3 rings (SSSR count). The molecule has 0 bridgehead atoms. The molecule has 0 spiro atoms. The molecule has 0 heterocycles. The van der Waals surface area contributed by atoms with Crippen LogP contribution in [0.25, 0.3) is 0 Å². The Morgan fingerprint density at radius 2 is 1.39 bits per heavy atom. The highest BCUT2D eigenvalue weighted by molar-refractivity contribution is 7.49. The van der Waals surface area contributed by atoms with Crippen molar-refractivity contribution >= 4 is 19.6 Å². The van der Waals surface area contributed by atoms with Gasteiger partial charge in [0.2, 0.25) is 0 Å². The van der Waals surface area contributed by atoms with E-state index >= 15 is 0 Å². The lowest BCUT2D eigenvalue weighted by molar-refractivity contribution is 0.296. The maximum absolute atomic E-state index is 6.55. The number of hydrogen-bond donors (Lipinski definition) is 0. The van der Waals surface area contributed by atoms with E-state index < -0.39 is 0 Å². The van der Waals surface area contributed by atoms with Crippen molar-refractivity contribution in [2.24, 2.45) is 0 Å². The van der Waals surface area contributed by atoms with Gasteiger partial charge in [0, 0.05) is 29.5 Å². The predicted octanol–water partition coefficient (Wildman–Crippen LogP) is 7.75. The molecule has 33 heavy (non-hydrogen) atoms. The molecule has 0 amide bonds. The van der Waals surface area contributed by atoms with Crippen molar-refractivity contribution in [1.29, 1.82) is 0 Å². The summed E-state index contributed by atoms with van der Waals surface area (Å²) in [6.45, 7) is 16.3. The molecule has 0 aliphatic heterocycles. The van der Waals surface area contributed by atoms with Gasteiger partial charge in [0.15, 0.2) is 0 Å². The Morgan fingerprint density at radius 3 is 2.03 bits per heavy atom. The lowest BCUT2D eigenvalue weighted by Gasteiger charge is -2.37. The molecule has 176 valence electrons. The third-order valence-electron chi connectivity index (χ3n) is 6.88. The molecule has 3 aromatic carbocycles. The average molecular weight is 462 g/mol. The molecule has 1 atom stereocenters. The quantitative estimate of drug-likeness (QED) is 0.271. The van der Waals surface area contributed by atoms with Crippen LogP contribution in [0.15, 0.2) is 66.7 Å². The molecule has 0 saturated heterocycles. The zero-order valence-corrected chi connectivity index (χ0v) is 22.2. The van der Waals surface area contributed by atoms with Crippen molar-refractivity contribution in [3.05, 3.63) is 89.0 Å². The minimum Gasteiger partial charge on any atom is -0.488 e. The number of benzene rings is 3. The van der Waals surface area contributed by atoms with Gasteiger partial charge in [0.25, 0.3) is 0 Å². The smallest absolute Gasteiger partial charge is 0.126 e. The second kappa shape index (κ2) is 11.7. The Bertz CT molecular complexity index is 1020. The lowest BCUT2D eigenvalue weighted by Crippen LogP contribution is -2.30. The molecule has 0 aliphatic carbocycles. The van der Waals surface area contributed by atoms with E-state index in [1.165, 1.54) is 33.2 Å². The maximum atomic E-state index is 6.55. The van der Waals surface area contributed by atoms with E-state index in [1.807, 2.05) is 0 Å². The summed E-state index contributed by atoms with van der Waals surface area (Å²) >= 11 is 0. The van der Waals surface area contributed by atoms with Gasteiger partial charge in [-0.1, -0.05) is 83.1 Å². The zero-order valence-electron chi connectivity index (χ0n) is 21.2. The summed E-state index contributed by atoms with van der Waals surface area (Å²) in [5, 5.41) is 1.55. The first kappa shape index (κ1) is 25.3. The minimum absolute atomic E-state index is 0.0477. The first-order chi connectivity index (χ1) is 16.0. The van der Waals surface area contributed by atoms with Gasteiger partial charge in [0.05, 0.1) is 0 Å². The number of ether oxygens (including phenoxy) is 1. The molecule has 3 aromatic rings. The topological polar surface area (TPSA) is 12.5 Å². The number of nitrogens with zero attached hydrogens (tertiary/aromatic N) is 1. The van der Waals surface area contributed by atoms with Crippen LogP contribution in [0.3, 0.4) is 0 Å². The SMILES string of the molecule is CCN(CC)c1cccc(C)c1PC(CC)(CC)c1cccc(C)c1OCc1ccccc1. The standard InChI is InChI=1S/C30H40NOP/c1-7-30(8-2,33-29-24(6)17-15-21-27(29)31(9-3)10-4)26-20-14-16-23(5)28(26)32-22-25-18-12-11-13-19-25/h11-21,33H,7-10,22H2,1-6H3. The molecule has 0 fully saturated rings. The van der Waals surface area contributed by atoms with Crippen molar-refractivity contribution in [1.82, 2.24) is 0 Å². The van der Waals surface area contributed by atoms with Gasteiger partial charge in [-0.25, -0.2) is 0 Å². The zero-order chi connectivity index (χ0) is 23.8. The van der Waals surface area contributed by atoms with Gasteiger partial charge in [-0.05, 0) is 68.6 Å². The summed E-state index contributed by atoms with van der Waals surface area (Å²) < 4.78 is 6.55. The van der Waals surface area contributed by atoms with E-state index in [9.17, 15) is 0 Å². The molecule has 0 saturated carbocycles. The number of anilines is 1. The first-order valence-electron chi connectivity index (χ1n) is 12.4. The van der Waals surface area contributed by atoms with Crippen molar-refractivity contribution in [3.8, 4) is 5.75 Å². The highest BCUT2D eigenvalue weighted by atomic mass is 31.1. The monoisotopic (exact) mass is 461 g/mol. The fraction of sp³-hybridized carbons (Fsp3) is 0.400. The Labute approximate surface area is 203 Å². The first-order valence-corrected chi connectivity index (χ1v) is 13.4. The van der Waals surface area contributed by atoms with Crippen LogP contribution in [0.4, 0.5) is 5.69 Å². The molecule has 3 heteroatoms. The molecule has 1 unspecified atom stereocenters. The van der Waals surface area contributed by atoms with Crippen molar-refractivity contribution in [2.75, 3.05) is 18.0 Å². The van der Waals surface area contributed by atoms with E-state index in [1.54, 1.807) is 0 Å². The van der Waals surface area contributed by atoms with Gasteiger partial charge in [-0.3, -0.25) is 0 Å². The van der Waals surface area contributed by atoms with E-state index in [0.29, 0.717) is 15.2 Å². The number of rotatable bonds is 11. The van der Waals surface area contributed by atoms with Crippen LogP contribution < -0.4 is 14.9 Å². The van der Waals surface area contributed by atoms with Gasteiger partial charge in [0.1, 0.15) is 12.4 Å². The molecule has 0 aromatic heterocycles. The Hall–Kier alpha value is -2.31. The molecule has 0 radical (unpaired) electrons. The van der Waals surface area contributed by atoms with Crippen LogP contribution in [0.1, 0.15) is 62.8 Å². The normalized spacial score (nSPS) is 11.8. The fourth-order valence-corrected chi connectivity index (χ4v) is 6.52. The minimum atomic E-state index is 0.0477. The van der Waals surface area contributed by atoms with Gasteiger partial charge >= 0.3 is 0 Å². The number of aryl methyl sites for hydroxylation is 2. The Morgan fingerprint density at radius 1 is 0.758 bits per heavy atom. The molecule has 2 nitrogen and oxygen atoms in total. The summed E-state index contributed by atoms with van der Waals surface area (Å²) in [6, 6.07) is 24.0. The van der Waals surface area contributed by atoms with Crippen LogP contribution in [-0.4, -0.2) is 13.1 Å². The Balaban J connectivity index is 2.06. The van der Waals surface area contributed by atoms with E-state index in [2.05, 4.69) is 113 Å². The lowest BCUT2D eigenvalue weighted by atomic mass is 9.90.